The number of rotatable bonds is 5. The highest BCUT2D eigenvalue weighted by Gasteiger charge is 2.40. The summed E-state index contributed by atoms with van der Waals surface area (Å²) in [4.78, 5) is 0. The van der Waals surface area contributed by atoms with Crippen molar-refractivity contribution in [2.24, 2.45) is 17.6 Å². The number of hydrogen-bond acceptors (Lipinski definition) is 4. The van der Waals surface area contributed by atoms with Gasteiger partial charge in [0.1, 0.15) is 0 Å². The Hall–Kier alpha value is -1.26. The molecule has 0 bridgehead atoms. The molecule has 118 valence electrons. The second-order valence-electron chi connectivity index (χ2n) is 6.04. The molecule has 1 saturated heterocycles. The van der Waals surface area contributed by atoms with E-state index in [0.29, 0.717) is 11.8 Å². The zero-order valence-electron chi connectivity index (χ0n) is 13.6. The van der Waals surface area contributed by atoms with E-state index in [4.69, 9.17) is 19.9 Å². The summed E-state index contributed by atoms with van der Waals surface area (Å²) >= 11 is 0. The molecule has 4 nitrogen and oxygen atoms in total. The van der Waals surface area contributed by atoms with Crippen LogP contribution in [0, 0.1) is 11.8 Å². The first-order valence-electron chi connectivity index (χ1n) is 7.59. The minimum Gasteiger partial charge on any atom is -0.493 e. The fourth-order valence-corrected chi connectivity index (χ4v) is 3.45. The molecule has 0 aromatic heterocycles. The number of benzene rings is 1. The van der Waals surface area contributed by atoms with Crippen molar-refractivity contribution in [1.29, 1.82) is 0 Å². The van der Waals surface area contributed by atoms with Crippen molar-refractivity contribution in [2.75, 3.05) is 14.2 Å². The molecule has 0 radical (unpaired) electrons. The van der Waals surface area contributed by atoms with Gasteiger partial charge in [0.25, 0.3) is 0 Å². The summed E-state index contributed by atoms with van der Waals surface area (Å²) in [5.74, 6) is 2.36. The first-order chi connectivity index (χ1) is 9.97. The summed E-state index contributed by atoms with van der Waals surface area (Å²) < 4.78 is 16.5. The fraction of sp³-hybridized carbons (Fsp3) is 0.647. The van der Waals surface area contributed by atoms with E-state index < -0.39 is 0 Å². The largest absolute Gasteiger partial charge is 0.493 e. The Bertz CT molecular complexity index is 477. The van der Waals surface area contributed by atoms with Crippen LogP contribution in [0.3, 0.4) is 0 Å². The molecule has 0 saturated carbocycles. The first kappa shape index (κ1) is 16.1. The molecule has 1 aliphatic heterocycles. The van der Waals surface area contributed by atoms with Gasteiger partial charge in [-0.3, -0.25) is 0 Å². The van der Waals surface area contributed by atoms with Crippen LogP contribution in [0.4, 0.5) is 0 Å². The van der Waals surface area contributed by atoms with Gasteiger partial charge in [0.15, 0.2) is 11.5 Å². The second kappa shape index (κ2) is 6.67. The third-order valence-electron chi connectivity index (χ3n) is 4.73. The Morgan fingerprint density at radius 1 is 1.10 bits per heavy atom. The zero-order chi connectivity index (χ0) is 15.6. The van der Waals surface area contributed by atoms with Crippen molar-refractivity contribution < 1.29 is 14.2 Å². The van der Waals surface area contributed by atoms with E-state index in [2.05, 4.69) is 26.8 Å². The molecule has 1 aromatic carbocycles. The highest BCUT2D eigenvalue weighted by Crippen LogP contribution is 2.35. The van der Waals surface area contributed by atoms with Crippen LogP contribution in [0.1, 0.15) is 26.3 Å². The third kappa shape index (κ3) is 3.33. The summed E-state index contributed by atoms with van der Waals surface area (Å²) in [6.45, 7) is 6.48. The Labute approximate surface area is 127 Å². The zero-order valence-corrected chi connectivity index (χ0v) is 13.6. The molecule has 1 heterocycles. The van der Waals surface area contributed by atoms with Crippen LogP contribution < -0.4 is 15.2 Å². The van der Waals surface area contributed by atoms with E-state index in [1.54, 1.807) is 14.2 Å². The molecule has 4 heteroatoms. The number of methoxy groups -OCH3 is 2. The van der Waals surface area contributed by atoms with Gasteiger partial charge in [0.05, 0.1) is 26.4 Å². The van der Waals surface area contributed by atoms with Gasteiger partial charge in [-0.15, -0.1) is 0 Å². The first-order valence-corrected chi connectivity index (χ1v) is 7.59. The van der Waals surface area contributed by atoms with Crippen molar-refractivity contribution in [1.82, 2.24) is 0 Å². The highest BCUT2D eigenvalue weighted by atomic mass is 16.5. The maximum Gasteiger partial charge on any atom is 0.160 e. The molecule has 1 fully saturated rings. The Kier molecular flexibility index (Phi) is 5.12. The molecule has 0 aliphatic carbocycles. The molecule has 21 heavy (non-hydrogen) atoms. The maximum absolute atomic E-state index is 6.46. The van der Waals surface area contributed by atoms with Crippen LogP contribution in [0.5, 0.6) is 11.5 Å². The summed E-state index contributed by atoms with van der Waals surface area (Å²) in [5.41, 5.74) is 7.63. The van der Waals surface area contributed by atoms with Crippen molar-refractivity contribution in [3.63, 3.8) is 0 Å². The summed E-state index contributed by atoms with van der Waals surface area (Å²) in [6, 6.07) is 6.07. The highest BCUT2D eigenvalue weighted by molar-refractivity contribution is 5.43. The molecule has 1 aliphatic rings. The molecular formula is C17H27NO3. The lowest BCUT2D eigenvalue weighted by atomic mass is 9.81. The molecule has 0 spiro atoms. The monoisotopic (exact) mass is 293 g/mol. The SMILES string of the molecule is COc1ccc(CC(N)C2C(C)OC(C)C2C)cc1OC. The van der Waals surface area contributed by atoms with Gasteiger partial charge in [-0.1, -0.05) is 13.0 Å². The van der Waals surface area contributed by atoms with Gasteiger partial charge in [-0.05, 0) is 43.9 Å². The molecule has 1 aromatic rings. The molecular weight excluding hydrogens is 266 g/mol. The van der Waals surface area contributed by atoms with Crippen molar-refractivity contribution in [3.8, 4) is 11.5 Å². The van der Waals surface area contributed by atoms with E-state index in [9.17, 15) is 0 Å². The maximum atomic E-state index is 6.46. The lowest BCUT2D eigenvalue weighted by molar-refractivity contribution is 0.0490. The summed E-state index contributed by atoms with van der Waals surface area (Å²) in [7, 11) is 3.29. The van der Waals surface area contributed by atoms with E-state index in [1.807, 2.05) is 12.1 Å². The molecule has 0 amide bonds. The average Bonchev–Trinajstić information content (AvgIpc) is 2.71. The topological polar surface area (TPSA) is 53.7 Å². The van der Waals surface area contributed by atoms with Crippen LogP contribution in [0.2, 0.25) is 0 Å². The van der Waals surface area contributed by atoms with Crippen LogP contribution in [-0.2, 0) is 11.2 Å². The van der Waals surface area contributed by atoms with Crippen LogP contribution >= 0.6 is 0 Å². The van der Waals surface area contributed by atoms with E-state index in [-0.39, 0.29) is 18.2 Å². The van der Waals surface area contributed by atoms with Gasteiger partial charge in [-0.25, -0.2) is 0 Å². The van der Waals surface area contributed by atoms with Crippen molar-refractivity contribution in [3.05, 3.63) is 23.8 Å². The number of hydrogen-bond donors (Lipinski definition) is 1. The minimum atomic E-state index is 0.0815. The molecule has 5 unspecified atom stereocenters. The van der Waals surface area contributed by atoms with Crippen LogP contribution in [0.15, 0.2) is 18.2 Å². The lowest BCUT2D eigenvalue weighted by Gasteiger charge is -2.26. The average molecular weight is 293 g/mol. The lowest BCUT2D eigenvalue weighted by Crippen LogP contribution is -2.39. The van der Waals surface area contributed by atoms with E-state index in [0.717, 1.165) is 17.9 Å². The quantitative estimate of drug-likeness (QED) is 0.906. The van der Waals surface area contributed by atoms with E-state index in [1.165, 1.54) is 5.56 Å². The predicted octanol–water partition coefficient (Wildman–Crippen LogP) is 2.63. The van der Waals surface area contributed by atoms with Gasteiger partial charge in [0, 0.05) is 12.0 Å². The summed E-state index contributed by atoms with van der Waals surface area (Å²) in [6.07, 6.45) is 1.31. The second-order valence-corrected chi connectivity index (χ2v) is 6.04. The Morgan fingerprint density at radius 2 is 1.76 bits per heavy atom. The van der Waals surface area contributed by atoms with Gasteiger partial charge in [0.2, 0.25) is 0 Å². The molecule has 2 N–H and O–H groups in total. The summed E-state index contributed by atoms with van der Waals surface area (Å²) in [5, 5.41) is 0. The Morgan fingerprint density at radius 3 is 2.29 bits per heavy atom. The van der Waals surface area contributed by atoms with Crippen molar-refractivity contribution >= 4 is 0 Å². The standard InChI is InChI=1S/C17H27NO3/c1-10-11(2)21-12(3)17(10)14(18)8-13-6-7-15(19-4)16(9-13)20-5/h6-7,9-12,14,17H,8,18H2,1-5H3. The smallest absolute Gasteiger partial charge is 0.160 e. The number of nitrogens with two attached hydrogens (primary N) is 1. The fourth-order valence-electron chi connectivity index (χ4n) is 3.45. The predicted molar refractivity (Wildman–Crippen MR) is 83.9 cm³/mol. The van der Waals surface area contributed by atoms with Gasteiger partial charge in [-0.2, -0.15) is 0 Å². The van der Waals surface area contributed by atoms with E-state index >= 15 is 0 Å². The molecule has 2 rings (SSSR count). The normalized spacial score (nSPS) is 30.2. The molecule has 5 atom stereocenters. The minimum absolute atomic E-state index is 0.0815. The van der Waals surface area contributed by atoms with Crippen molar-refractivity contribution in [2.45, 2.75) is 45.4 Å². The number of ether oxygens (including phenoxy) is 3. The van der Waals surface area contributed by atoms with Gasteiger partial charge < -0.3 is 19.9 Å². The Balaban J connectivity index is 2.11. The van der Waals surface area contributed by atoms with Crippen LogP contribution in [0.25, 0.3) is 0 Å². The third-order valence-corrected chi connectivity index (χ3v) is 4.73. The van der Waals surface area contributed by atoms with Gasteiger partial charge >= 0.3 is 0 Å². The van der Waals surface area contributed by atoms with Crippen LogP contribution in [-0.4, -0.2) is 32.5 Å².